The van der Waals surface area contributed by atoms with Crippen LogP contribution in [0.15, 0.2) is 42.7 Å². The van der Waals surface area contributed by atoms with E-state index in [1.165, 1.54) is 6.07 Å². The number of benzene rings is 1. The van der Waals surface area contributed by atoms with Gasteiger partial charge in [-0.15, -0.1) is 0 Å². The molecule has 0 radical (unpaired) electrons. The van der Waals surface area contributed by atoms with Gasteiger partial charge < -0.3 is 21.4 Å². The Kier molecular flexibility index (Phi) is 4.36. The first-order chi connectivity index (χ1) is 14.5. The standard InChI is InChI=1S/C22H22FN7/c1-12-7-13(8-19(25)27-12)15-9-26-10-16(21(15)30-6-5-14(24)11-30)22-28-18-4-2-3-17(23)20(18)29-22/h2-4,7-10,14H,5-6,11,24H2,1H3,(H2,25,27)(H,28,29)/t14-/m0/s1. The van der Waals surface area contributed by atoms with E-state index in [1.54, 1.807) is 12.3 Å². The number of nitrogens with zero attached hydrogens (tertiary/aromatic N) is 4. The molecule has 1 fully saturated rings. The molecule has 0 saturated carbocycles. The second-order valence-corrected chi connectivity index (χ2v) is 7.72. The molecular weight excluding hydrogens is 381 g/mol. The van der Waals surface area contributed by atoms with E-state index in [2.05, 4.69) is 24.8 Å². The number of fused-ring (bicyclic) bond motifs is 1. The Morgan fingerprint density at radius 1 is 1.17 bits per heavy atom. The molecule has 5 rings (SSSR count). The zero-order valence-corrected chi connectivity index (χ0v) is 16.6. The predicted molar refractivity (Wildman–Crippen MR) is 116 cm³/mol. The number of para-hydroxylation sites is 1. The number of halogens is 1. The number of H-pyrrole nitrogens is 1. The first-order valence-corrected chi connectivity index (χ1v) is 9.87. The summed E-state index contributed by atoms with van der Waals surface area (Å²) in [6, 6.07) is 8.80. The number of rotatable bonds is 3. The number of nitrogens with two attached hydrogens (primary N) is 2. The monoisotopic (exact) mass is 403 g/mol. The largest absolute Gasteiger partial charge is 0.384 e. The number of aryl methyl sites for hydroxylation is 1. The minimum absolute atomic E-state index is 0.0937. The van der Waals surface area contributed by atoms with Crippen LogP contribution < -0.4 is 16.4 Å². The molecule has 1 saturated heterocycles. The predicted octanol–water partition coefficient (Wildman–Crippen LogP) is 3.25. The van der Waals surface area contributed by atoms with Gasteiger partial charge in [-0.2, -0.15) is 0 Å². The molecule has 1 atom stereocenters. The van der Waals surface area contributed by atoms with Crippen molar-refractivity contribution in [1.29, 1.82) is 0 Å². The number of pyridine rings is 2. The Hall–Kier alpha value is -3.52. The van der Waals surface area contributed by atoms with E-state index < -0.39 is 0 Å². The molecule has 1 aliphatic heterocycles. The van der Waals surface area contributed by atoms with Gasteiger partial charge in [0.15, 0.2) is 5.82 Å². The minimum Gasteiger partial charge on any atom is -0.384 e. The zero-order chi connectivity index (χ0) is 20.8. The summed E-state index contributed by atoms with van der Waals surface area (Å²) < 4.78 is 14.3. The lowest BCUT2D eigenvalue weighted by Crippen LogP contribution is -2.27. The van der Waals surface area contributed by atoms with E-state index in [-0.39, 0.29) is 11.9 Å². The van der Waals surface area contributed by atoms with E-state index in [0.717, 1.165) is 47.6 Å². The maximum Gasteiger partial charge on any atom is 0.151 e. The number of nitrogen functional groups attached to an aromatic ring is 1. The van der Waals surface area contributed by atoms with E-state index in [0.29, 0.717) is 22.7 Å². The summed E-state index contributed by atoms with van der Waals surface area (Å²) in [5, 5.41) is 0. The van der Waals surface area contributed by atoms with E-state index in [1.807, 2.05) is 31.3 Å². The molecule has 8 heteroatoms. The van der Waals surface area contributed by atoms with Gasteiger partial charge in [-0.25, -0.2) is 14.4 Å². The van der Waals surface area contributed by atoms with Gasteiger partial charge >= 0.3 is 0 Å². The molecule has 0 unspecified atom stereocenters. The van der Waals surface area contributed by atoms with E-state index in [4.69, 9.17) is 11.5 Å². The van der Waals surface area contributed by atoms with Crippen LogP contribution in [0.1, 0.15) is 12.1 Å². The Morgan fingerprint density at radius 2 is 2.00 bits per heavy atom. The molecule has 0 spiro atoms. The van der Waals surface area contributed by atoms with Crippen molar-refractivity contribution in [3.63, 3.8) is 0 Å². The molecule has 152 valence electrons. The Labute approximate surface area is 173 Å². The van der Waals surface area contributed by atoms with Gasteiger partial charge in [0, 0.05) is 42.8 Å². The first kappa shape index (κ1) is 18.5. The van der Waals surface area contributed by atoms with Gasteiger partial charge in [-0.05, 0) is 43.2 Å². The number of aromatic nitrogens is 4. The van der Waals surface area contributed by atoms with Crippen molar-refractivity contribution in [2.24, 2.45) is 5.73 Å². The molecule has 7 nitrogen and oxygen atoms in total. The maximum absolute atomic E-state index is 14.3. The normalized spacial score (nSPS) is 16.5. The van der Waals surface area contributed by atoms with Crippen LogP contribution >= 0.6 is 0 Å². The number of hydrogen-bond acceptors (Lipinski definition) is 6. The average Bonchev–Trinajstić information content (AvgIpc) is 3.34. The second-order valence-electron chi connectivity index (χ2n) is 7.72. The van der Waals surface area contributed by atoms with Crippen LogP contribution in [0.2, 0.25) is 0 Å². The van der Waals surface area contributed by atoms with Crippen molar-refractivity contribution in [3.8, 4) is 22.5 Å². The SMILES string of the molecule is Cc1cc(-c2cncc(-c3nc4c(F)cccc4[nH]3)c2N2CC[C@H](N)C2)cc(N)n1. The number of hydrogen-bond donors (Lipinski definition) is 3. The minimum atomic E-state index is -0.360. The third-order valence-electron chi connectivity index (χ3n) is 5.46. The zero-order valence-electron chi connectivity index (χ0n) is 16.6. The molecule has 3 aromatic heterocycles. The third-order valence-corrected chi connectivity index (χ3v) is 5.46. The molecule has 0 aliphatic carbocycles. The van der Waals surface area contributed by atoms with Crippen molar-refractivity contribution in [3.05, 3.63) is 54.2 Å². The molecule has 1 aliphatic rings. The Morgan fingerprint density at radius 3 is 2.73 bits per heavy atom. The Bertz CT molecular complexity index is 1230. The van der Waals surface area contributed by atoms with E-state index >= 15 is 0 Å². The summed E-state index contributed by atoms with van der Waals surface area (Å²) in [7, 11) is 0. The molecule has 0 bridgehead atoms. The number of anilines is 2. The van der Waals surface area contributed by atoms with Crippen LogP contribution in [0.4, 0.5) is 15.9 Å². The summed E-state index contributed by atoms with van der Waals surface area (Å²) in [5.74, 6) is 0.658. The quantitative estimate of drug-likeness (QED) is 0.484. The summed E-state index contributed by atoms with van der Waals surface area (Å²) in [4.78, 5) is 18.8. The number of aromatic amines is 1. The van der Waals surface area contributed by atoms with Crippen molar-refractivity contribution < 1.29 is 4.39 Å². The maximum atomic E-state index is 14.3. The fourth-order valence-electron chi connectivity index (χ4n) is 4.14. The lowest BCUT2D eigenvalue weighted by atomic mass is 10.0. The molecule has 4 heterocycles. The molecule has 30 heavy (non-hydrogen) atoms. The smallest absolute Gasteiger partial charge is 0.151 e. The summed E-state index contributed by atoms with van der Waals surface area (Å²) in [6.07, 6.45) is 4.48. The molecule has 5 N–H and O–H groups in total. The highest BCUT2D eigenvalue weighted by Crippen LogP contribution is 2.40. The average molecular weight is 403 g/mol. The lowest BCUT2D eigenvalue weighted by Gasteiger charge is -2.24. The summed E-state index contributed by atoms with van der Waals surface area (Å²) >= 11 is 0. The van der Waals surface area contributed by atoms with Crippen LogP contribution in [-0.2, 0) is 0 Å². The summed E-state index contributed by atoms with van der Waals surface area (Å²) in [5.41, 5.74) is 17.6. The van der Waals surface area contributed by atoms with Crippen LogP contribution in [0.3, 0.4) is 0 Å². The van der Waals surface area contributed by atoms with Gasteiger partial charge in [0.25, 0.3) is 0 Å². The van der Waals surface area contributed by atoms with Crippen LogP contribution in [-0.4, -0.2) is 39.1 Å². The molecular formula is C22H22FN7. The lowest BCUT2D eigenvalue weighted by molar-refractivity contribution is 0.637. The van der Waals surface area contributed by atoms with Crippen LogP contribution in [0.5, 0.6) is 0 Å². The third kappa shape index (κ3) is 3.15. The molecule has 4 aromatic rings. The first-order valence-electron chi connectivity index (χ1n) is 9.87. The topological polar surface area (TPSA) is 110 Å². The van der Waals surface area contributed by atoms with Crippen LogP contribution in [0.25, 0.3) is 33.5 Å². The highest BCUT2D eigenvalue weighted by molar-refractivity contribution is 5.91. The Balaban J connectivity index is 1.75. The summed E-state index contributed by atoms with van der Waals surface area (Å²) in [6.45, 7) is 3.45. The van der Waals surface area contributed by atoms with Crippen molar-refractivity contribution in [1.82, 2.24) is 19.9 Å². The van der Waals surface area contributed by atoms with Gasteiger partial charge in [0.1, 0.15) is 17.2 Å². The van der Waals surface area contributed by atoms with Crippen LogP contribution in [0, 0.1) is 12.7 Å². The fraction of sp³-hybridized carbons (Fsp3) is 0.227. The van der Waals surface area contributed by atoms with Crippen molar-refractivity contribution in [2.45, 2.75) is 19.4 Å². The van der Waals surface area contributed by atoms with Gasteiger partial charge in [0.05, 0.1) is 16.8 Å². The second kappa shape index (κ2) is 7.07. The molecule has 1 aromatic carbocycles. The highest BCUT2D eigenvalue weighted by atomic mass is 19.1. The van der Waals surface area contributed by atoms with Crippen molar-refractivity contribution in [2.75, 3.05) is 23.7 Å². The fourth-order valence-corrected chi connectivity index (χ4v) is 4.14. The highest BCUT2D eigenvalue weighted by Gasteiger charge is 2.26. The number of imidazole rings is 1. The van der Waals surface area contributed by atoms with Gasteiger partial charge in [0.2, 0.25) is 0 Å². The van der Waals surface area contributed by atoms with Gasteiger partial charge in [-0.1, -0.05) is 6.07 Å². The van der Waals surface area contributed by atoms with Crippen molar-refractivity contribution >= 4 is 22.5 Å². The van der Waals surface area contributed by atoms with Gasteiger partial charge in [-0.3, -0.25) is 4.98 Å². The number of nitrogens with one attached hydrogen (secondary N) is 1. The van der Waals surface area contributed by atoms with E-state index in [9.17, 15) is 4.39 Å². The molecule has 0 amide bonds.